The second-order valence-electron chi connectivity index (χ2n) is 7.45. The number of para-hydroxylation sites is 1. The van der Waals surface area contributed by atoms with Crippen LogP contribution in [0.15, 0.2) is 55.2 Å². The van der Waals surface area contributed by atoms with E-state index in [4.69, 9.17) is 0 Å². The molecule has 0 bridgehead atoms. The number of H-pyrrole nitrogens is 1. The van der Waals surface area contributed by atoms with Crippen molar-refractivity contribution in [3.63, 3.8) is 0 Å². The first-order valence-corrected chi connectivity index (χ1v) is 10.0. The minimum atomic E-state index is -0.0688. The molecule has 5 rings (SSSR count). The second-order valence-corrected chi connectivity index (χ2v) is 7.45. The van der Waals surface area contributed by atoms with Crippen molar-refractivity contribution >= 4 is 22.6 Å². The lowest BCUT2D eigenvalue weighted by Crippen LogP contribution is -2.43. The highest BCUT2D eigenvalue weighted by Crippen LogP contribution is 2.22. The number of nitrogens with one attached hydrogen (secondary N) is 2. The quantitative estimate of drug-likeness (QED) is 0.530. The fraction of sp³-hybridized carbons (Fsp3) is 0.286. The highest BCUT2D eigenvalue weighted by Gasteiger charge is 2.26. The zero-order chi connectivity index (χ0) is 20.3. The van der Waals surface area contributed by atoms with Crippen molar-refractivity contribution in [3.8, 4) is 5.82 Å². The molecule has 0 spiro atoms. The SMILES string of the molecule is O=C(NCc1c[nH]c2ccccc12)[C@H]1CCCN(c2ccc(-n3cncn3)nn2)C1. The molecule has 1 aromatic carbocycles. The van der Waals surface area contributed by atoms with Gasteiger partial charge in [-0.1, -0.05) is 18.2 Å². The number of hydrogen-bond acceptors (Lipinski definition) is 6. The molecule has 0 saturated carbocycles. The summed E-state index contributed by atoms with van der Waals surface area (Å²) in [6.45, 7) is 2.02. The van der Waals surface area contributed by atoms with E-state index in [0.29, 0.717) is 18.9 Å². The Bertz CT molecular complexity index is 1140. The van der Waals surface area contributed by atoms with Crippen molar-refractivity contribution in [3.05, 3.63) is 60.8 Å². The molecule has 0 aliphatic carbocycles. The highest BCUT2D eigenvalue weighted by molar-refractivity contribution is 5.84. The molecule has 1 atom stereocenters. The zero-order valence-electron chi connectivity index (χ0n) is 16.4. The first-order valence-electron chi connectivity index (χ1n) is 10.0. The van der Waals surface area contributed by atoms with Crippen LogP contribution in [0.4, 0.5) is 5.82 Å². The molecular formula is C21H22N8O. The summed E-state index contributed by atoms with van der Waals surface area (Å²) < 4.78 is 1.56. The van der Waals surface area contributed by atoms with E-state index in [-0.39, 0.29) is 11.8 Å². The van der Waals surface area contributed by atoms with Crippen molar-refractivity contribution in [1.82, 2.24) is 35.3 Å². The third-order valence-electron chi connectivity index (χ3n) is 5.53. The highest BCUT2D eigenvalue weighted by atomic mass is 16.1. The van der Waals surface area contributed by atoms with Gasteiger partial charge in [0.05, 0.1) is 5.92 Å². The molecule has 1 fully saturated rings. The van der Waals surface area contributed by atoms with E-state index in [1.807, 2.05) is 36.5 Å². The van der Waals surface area contributed by atoms with Crippen LogP contribution in [0.2, 0.25) is 0 Å². The molecule has 1 amide bonds. The number of piperidine rings is 1. The minimum absolute atomic E-state index is 0.0688. The Morgan fingerprint density at radius 3 is 2.87 bits per heavy atom. The standard InChI is InChI=1S/C21H22N8O/c30-21(24-11-16-10-23-18-6-2-1-5-17(16)18)15-4-3-9-28(12-15)19-7-8-20(27-26-19)29-14-22-13-25-29/h1-2,5-8,10,13-15,23H,3-4,9,11-12H2,(H,24,30)/t15-/m0/s1. The summed E-state index contributed by atoms with van der Waals surface area (Å²) in [4.78, 5) is 22.1. The van der Waals surface area contributed by atoms with Gasteiger partial charge >= 0.3 is 0 Å². The smallest absolute Gasteiger partial charge is 0.225 e. The second kappa shape index (κ2) is 7.94. The maximum Gasteiger partial charge on any atom is 0.225 e. The van der Waals surface area contributed by atoms with E-state index >= 15 is 0 Å². The number of hydrogen-bond donors (Lipinski definition) is 2. The van der Waals surface area contributed by atoms with Gasteiger partial charge in [-0.3, -0.25) is 4.79 Å². The van der Waals surface area contributed by atoms with Gasteiger partial charge < -0.3 is 15.2 Å². The van der Waals surface area contributed by atoms with Crippen molar-refractivity contribution < 1.29 is 4.79 Å². The zero-order valence-corrected chi connectivity index (χ0v) is 16.4. The third-order valence-corrected chi connectivity index (χ3v) is 5.53. The van der Waals surface area contributed by atoms with Crippen LogP contribution in [0.3, 0.4) is 0 Å². The fourth-order valence-corrected chi connectivity index (χ4v) is 3.94. The molecule has 9 heteroatoms. The molecule has 1 aliphatic heterocycles. The lowest BCUT2D eigenvalue weighted by molar-refractivity contribution is -0.125. The molecule has 0 radical (unpaired) electrons. The molecular weight excluding hydrogens is 380 g/mol. The summed E-state index contributed by atoms with van der Waals surface area (Å²) >= 11 is 0. The number of anilines is 1. The molecule has 2 N–H and O–H groups in total. The summed E-state index contributed by atoms with van der Waals surface area (Å²) in [5.41, 5.74) is 2.18. The van der Waals surface area contributed by atoms with Crippen molar-refractivity contribution in [2.75, 3.05) is 18.0 Å². The Hall–Kier alpha value is -3.75. The summed E-state index contributed by atoms with van der Waals surface area (Å²) in [5, 5.41) is 16.9. The summed E-state index contributed by atoms with van der Waals surface area (Å²) in [6, 6.07) is 11.9. The molecule has 1 saturated heterocycles. The lowest BCUT2D eigenvalue weighted by Gasteiger charge is -2.32. The maximum atomic E-state index is 12.8. The van der Waals surface area contributed by atoms with Crippen LogP contribution < -0.4 is 10.2 Å². The van der Waals surface area contributed by atoms with Crippen LogP contribution in [0.25, 0.3) is 16.7 Å². The number of amides is 1. The van der Waals surface area contributed by atoms with Gasteiger partial charge in [0.1, 0.15) is 12.7 Å². The molecule has 4 heterocycles. The largest absolute Gasteiger partial charge is 0.361 e. The van der Waals surface area contributed by atoms with E-state index in [0.717, 1.165) is 41.7 Å². The first kappa shape index (κ1) is 18.3. The van der Waals surface area contributed by atoms with E-state index in [1.165, 1.54) is 6.33 Å². The number of nitrogens with zero attached hydrogens (tertiary/aromatic N) is 6. The van der Waals surface area contributed by atoms with Gasteiger partial charge in [0.2, 0.25) is 5.91 Å². The van der Waals surface area contributed by atoms with Crippen LogP contribution in [-0.2, 0) is 11.3 Å². The number of benzene rings is 1. The fourth-order valence-electron chi connectivity index (χ4n) is 3.94. The Morgan fingerprint density at radius 2 is 2.03 bits per heavy atom. The predicted octanol–water partition coefficient (Wildman–Crippen LogP) is 2.07. The predicted molar refractivity (Wildman–Crippen MR) is 112 cm³/mol. The van der Waals surface area contributed by atoms with Crippen LogP contribution in [0.1, 0.15) is 18.4 Å². The van der Waals surface area contributed by atoms with Gasteiger partial charge in [-0.15, -0.1) is 10.2 Å². The molecule has 0 unspecified atom stereocenters. The van der Waals surface area contributed by atoms with Crippen LogP contribution in [-0.4, -0.2) is 48.9 Å². The van der Waals surface area contributed by atoms with E-state index in [9.17, 15) is 4.79 Å². The molecule has 3 aromatic heterocycles. The Morgan fingerprint density at radius 1 is 1.17 bits per heavy atom. The van der Waals surface area contributed by atoms with E-state index in [1.54, 1.807) is 11.0 Å². The van der Waals surface area contributed by atoms with Crippen molar-refractivity contribution in [2.45, 2.75) is 19.4 Å². The molecule has 9 nitrogen and oxygen atoms in total. The van der Waals surface area contributed by atoms with E-state index in [2.05, 4.69) is 41.5 Å². The Balaban J connectivity index is 1.22. The summed E-state index contributed by atoms with van der Waals surface area (Å²) in [5.74, 6) is 1.40. The number of aromatic amines is 1. The van der Waals surface area contributed by atoms with Gasteiger partial charge in [-0.2, -0.15) is 5.10 Å². The van der Waals surface area contributed by atoms with Crippen LogP contribution in [0, 0.1) is 5.92 Å². The molecule has 152 valence electrons. The molecule has 4 aromatic rings. The van der Waals surface area contributed by atoms with Gasteiger partial charge in [0.15, 0.2) is 11.6 Å². The number of rotatable bonds is 5. The monoisotopic (exact) mass is 402 g/mol. The number of carbonyl (C=O) groups excluding carboxylic acids is 1. The van der Waals surface area contributed by atoms with Gasteiger partial charge in [0.25, 0.3) is 0 Å². The average Bonchev–Trinajstić information content (AvgIpc) is 3.48. The van der Waals surface area contributed by atoms with Crippen molar-refractivity contribution in [1.29, 1.82) is 0 Å². The first-order chi connectivity index (χ1) is 14.8. The number of fused-ring (bicyclic) bond motifs is 1. The maximum absolute atomic E-state index is 12.8. The van der Waals surface area contributed by atoms with Gasteiger partial charge in [0, 0.05) is 36.7 Å². The minimum Gasteiger partial charge on any atom is -0.361 e. The number of aromatic nitrogens is 6. The molecule has 1 aliphatic rings. The van der Waals surface area contributed by atoms with Crippen molar-refractivity contribution in [2.24, 2.45) is 5.92 Å². The lowest BCUT2D eigenvalue weighted by atomic mass is 9.97. The van der Waals surface area contributed by atoms with Gasteiger partial charge in [-0.25, -0.2) is 9.67 Å². The summed E-state index contributed by atoms with van der Waals surface area (Å²) in [7, 11) is 0. The summed E-state index contributed by atoms with van der Waals surface area (Å²) in [6.07, 6.45) is 6.82. The Kier molecular flexibility index (Phi) is 4.84. The van der Waals surface area contributed by atoms with Crippen LogP contribution in [0.5, 0.6) is 0 Å². The average molecular weight is 402 g/mol. The molecule has 30 heavy (non-hydrogen) atoms. The van der Waals surface area contributed by atoms with Gasteiger partial charge in [-0.05, 0) is 36.6 Å². The normalized spacial score (nSPS) is 16.7. The topological polar surface area (TPSA) is 105 Å². The van der Waals surface area contributed by atoms with Crippen LogP contribution >= 0.6 is 0 Å². The Labute approximate surface area is 173 Å². The number of carbonyl (C=O) groups is 1. The van der Waals surface area contributed by atoms with E-state index < -0.39 is 0 Å². The third kappa shape index (κ3) is 3.61.